The van der Waals surface area contributed by atoms with Crippen molar-refractivity contribution in [3.63, 3.8) is 0 Å². The molecule has 0 aliphatic rings. The first-order valence-electron chi connectivity index (χ1n) is 8.04. The molecule has 1 aromatic carbocycles. The van der Waals surface area contributed by atoms with Crippen LogP contribution in [0.15, 0.2) is 41.2 Å². The normalized spacial score (nSPS) is 11.1. The van der Waals surface area contributed by atoms with Gasteiger partial charge in [0.1, 0.15) is 12.2 Å². The van der Waals surface area contributed by atoms with Gasteiger partial charge in [0.05, 0.1) is 0 Å². The van der Waals surface area contributed by atoms with Gasteiger partial charge in [-0.25, -0.2) is 4.68 Å². The molecule has 0 atom stereocenters. The van der Waals surface area contributed by atoms with E-state index < -0.39 is 24.5 Å². The van der Waals surface area contributed by atoms with Gasteiger partial charge in [0, 0.05) is 23.9 Å². The first kappa shape index (κ1) is 20.1. The largest absolute Gasteiger partial charge is 0.405 e. The minimum atomic E-state index is -4.52. The highest BCUT2D eigenvalue weighted by molar-refractivity contribution is 6.03. The summed E-state index contributed by atoms with van der Waals surface area (Å²) < 4.78 is 37.7. The van der Waals surface area contributed by atoms with E-state index in [-0.39, 0.29) is 22.5 Å². The molecule has 2 rings (SSSR count). The lowest BCUT2D eigenvalue weighted by Gasteiger charge is -2.10. The summed E-state index contributed by atoms with van der Waals surface area (Å²) in [5.41, 5.74) is -0.178. The molecule has 0 radical (unpaired) electrons. The number of halogens is 3. The quantitative estimate of drug-likeness (QED) is 0.801. The van der Waals surface area contributed by atoms with Crippen molar-refractivity contribution in [3.05, 3.63) is 58.0 Å². The average molecular weight is 382 g/mol. The SMILES string of the molecule is CCCn1nc(C(=O)Nc2cccc(C(=O)NCC(F)(F)F)c2)ccc1=O. The highest BCUT2D eigenvalue weighted by Gasteiger charge is 2.27. The summed E-state index contributed by atoms with van der Waals surface area (Å²) in [6, 6.07) is 7.94. The lowest BCUT2D eigenvalue weighted by molar-refractivity contribution is -0.123. The Labute approximate surface area is 152 Å². The van der Waals surface area contributed by atoms with Crippen molar-refractivity contribution < 1.29 is 22.8 Å². The van der Waals surface area contributed by atoms with E-state index in [1.165, 1.54) is 36.4 Å². The maximum Gasteiger partial charge on any atom is 0.405 e. The van der Waals surface area contributed by atoms with E-state index in [9.17, 15) is 27.6 Å². The Kier molecular flexibility index (Phi) is 6.32. The third-order valence-electron chi connectivity index (χ3n) is 3.37. The summed E-state index contributed by atoms with van der Waals surface area (Å²) in [7, 11) is 0. The fourth-order valence-corrected chi connectivity index (χ4v) is 2.16. The third kappa shape index (κ3) is 5.94. The van der Waals surface area contributed by atoms with E-state index >= 15 is 0 Å². The lowest BCUT2D eigenvalue weighted by atomic mass is 10.2. The molecule has 0 fully saturated rings. The molecule has 27 heavy (non-hydrogen) atoms. The zero-order valence-electron chi connectivity index (χ0n) is 14.3. The van der Waals surface area contributed by atoms with Gasteiger partial charge in [0.15, 0.2) is 0 Å². The monoisotopic (exact) mass is 382 g/mol. The second-order valence-electron chi connectivity index (χ2n) is 5.61. The van der Waals surface area contributed by atoms with Gasteiger partial charge in [-0.1, -0.05) is 13.0 Å². The predicted molar refractivity (Wildman–Crippen MR) is 91.6 cm³/mol. The van der Waals surface area contributed by atoms with Crippen LogP contribution >= 0.6 is 0 Å². The van der Waals surface area contributed by atoms with Crippen LogP contribution in [-0.2, 0) is 6.54 Å². The highest BCUT2D eigenvalue weighted by Crippen LogP contribution is 2.14. The Bertz CT molecular complexity index is 893. The maximum absolute atomic E-state index is 12.3. The van der Waals surface area contributed by atoms with Crippen molar-refractivity contribution in [2.75, 3.05) is 11.9 Å². The van der Waals surface area contributed by atoms with Gasteiger partial charge in [-0.05, 0) is 30.7 Å². The molecular formula is C17H17F3N4O3. The van der Waals surface area contributed by atoms with E-state index in [4.69, 9.17) is 0 Å². The van der Waals surface area contributed by atoms with E-state index in [0.717, 1.165) is 4.68 Å². The van der Waals surface area contributed by atoms with Gasteiger partial charge in [-0.2, -0.15) is 18.3 Å². The zero-order valence-corrected chi connectivity index (χ0v) is 14.3. The van der Waals surface area contributed by atoms with Crippen LogP contribution in [0, 0.1) is 0 Å². The number of aromatic nitrogens is 2. The molecule has 10 heteroatoms. The first-order valence-corrected chi connectivity index (χ1v) is 8.04. The van der Waals surface area contributed by atoms with E-state index in [1.807, 2.05) is 6.92 Å². The van der Waals surface area contributed by atoms with Gasteiger partial charge in [0.2, 0.25) is 0 Å². The lowest BCUT2D eigenvalue weighted by Crippen LogP contribution is -2.33. The van der Waals surface area contributed by atoms with Crippen LogP contribution in [0.1, 0.15) is 34.2 Å². The summed E-state index contributed by atoms with van der Waals surface area (Å²) in [5.74, 6) is -1.54. The van der Waals surface area contributed by atoms with Crippen molar-refractivity contribution in [2.45, 2.75) is 26.1 Å². The number of amides is 2. The fraction of sp³-hybridized carbons (Fsp3) is 0.294. The molecule has 0 aliphatic heterocycles. The molecular weight excluding hydrogens is 365 g/mol. The fourth-order valence-electron chi connectivity index (χ4n) is 2.16. The first-order chi connectivity index (χ1) is 12.7. The molecule has 2 amide bonds. The molecule has 0 saturated heterocycles. The number of carbonyl (C=O) groups excluding carboxylic acids is 2. The Balaban J connectivity index is 2.11. The molecule has 2 aromatic rings. The van der Waals surface area contributed by atoms with Crippen molar-refractivity contribution in [3.8, 4) is 0 Å². The van der Waals surface area contributed by atoms with Gasteiger partial charge in [0.25, 0.3) is 17.4 Å². The number of hydrogen-bond acceptors (Lipinski definition) is 4. The molecule has 0 unspecified atom stereocenters. The summed E-state index contributed by atoms with van der Waals surface area (Å²) in [5, 5.41) is 8.21. The summed E-state index contributed by atoms with van der Waals surface area (Å²) in [6.07, 6.45) is -3.86. The maximum atomic E-state index is 12.3. The van der Waals surface area contributed by atoms with Crippen LogP contribution in [0.25, 0.3) is 0 Å². The van der Waals surface area contributed by atoms with Gasteiger partial charge < -0.3 is 10.6 Å². The number of hydrogen-bond donors (Lipinski definition) is 2. The number of benzene rings is 1. The Morgan fingerprint density at radius 2 is 1.89 bits per heavy atom. The Hall–Kier alpha value is -3.17. The molecule has 1 aromatic heterocycles. The van der Waals surface area contributed by atoms with Gasteiger partial charge in [-0.3, -0.25) is 14.4 Å². The molecule has 2 N–H and O–H groups in total. The van der Waals surface area contributed by atoms with Crippen LogP contribution in [0.4, 0.5) is 18.9 Å². The number of alkyl halides is 3. The van der Waals surface area contributed by atoms with Crippen LogP contribution in [0.5, 0.6) is 0 Å². The molecule has 7 nitrogen and oxygen atoms in total. The van der Waals surface area contributed by atoms with E-state index in [0.29, 0.717) is 13.0 Å². The summed E-state index contributed by atoms with van der Waals surface area (Å²) >= 11 is 0. The summed E-state index contributed by atoms with van der Waals surface area (Å²) in [4.78, 5) is 35.7. The zero-order chi connectivity index (χ0) is 20.0. The van der Waals surface area contributed by atoms with E-state index in [2.05, 4.69) is 10.4 Å². The number of carbonyl (C=O) groups is 2. The molecule has 0 spiro atoms. The Morgan fingerprint density at radius 3 is 2.56 bits per heavy atom. The van der Waals surface area contributed by atoms with Crippen LogP contribution in [0.3, 0.4) is 0 Å². The van der Waals surface area contributed by atoms with Crippen LogP contribution < -0.4 is 16.2 Å². The minimum absolute atomic E-state index is 0.00465. The predicted octanol–water partition coefficient (Wildman–Crippen LogP) is 2.20. The van der Waals surface area contributed by atoms with E-state index in [1.54, 1.807) is 5.32 Å². The summed E-state index contributed by atoms with van der Waals surface area (Å²) in [6.45, 7) is 0.760. The average Bonchev–Trinajstić information content (AvgIpc) is 2.61. The molecule has 1 heterocycles. The highest BCUT2D eigenvalue weighted by atomic mass is 19.4. The van der Waals surface area contributed by atoms with Crippen molar-refractivity contribution in [2.24, 2.45) is 0 Å². The number of nitrogens with one attached hydrogen (secondary N) is 2. The number of nitrogens with zero attached hydrogens (tertiary/aromatic N) is 2. The van der Waals surface area contributed by atoms with Crippen LogP contribution in [0.2, 0.25) is 0 Å². The number of rotatable bonds is 6. The second kappa shape index (κ2) is 8.47. The number of aryl methyl sites for hydroxylation is 1. The van der Waals surface area contributed by atoms with Crippen LogP contribution in [-0.4, -0.2) is 34.3 Å². The van der Waals surface area contributed by atoms with Crippen molar-refractivity contribution in [1.29, 1.82) is 0 Å². The molecule has 144 valence electrons. The van der Waals surface area contributed by atoms with Crippen molar-refractivity contribution in [1.82, 2.24) is 15.1 Å². The second-order valence-corrected chi connectivity index (χ2v) is 5.61. The van der Waals surface area contributed by atoms with Gasteiger partial charge >= 0.3 is 6.18 Å². The molecule has 0 saturated carbocycles. The minimum Gasteiger partial charge on any atom is -0.343 e. The molecule has 0 bridgehead atoms. The topological polar surface area (TPSA) is 93.1 Å². The standard InChI is InChI=1S/C17H17F3N4O3/c1-2-8-24-14(25)7-6-13(23-24)16(27)22-12-5-3-4-11(9-12)15(26)21-10-17(18,19)20/h3-7,9H,2,8,10H2,1H3,(H,21,26)(H,22,27). The molecule has 0 aliphatic carbocycles. The Morgan fingerprint density at radius 1 is 1.15 bits per heavy atom. The van der Waals surface area contributed by atoms with Gasteiger partial charge in [-0.15, -0.1) is 0 Å². The van der Waals surface area contributed by atoms with Crippen molar-refractivity contribution >= 4 is 17.5 Å². The number of anilines is 1. The third-order valence-corrected chi connectivity index (χ3v) is 3.37. The smallest absolute Gasteiger partial charge is 0.343 e.